The van der Waals surface area contributed by atoms with Gasteiger partial charge in [0.15, 0.2) is 0 Å². The van der Waals surface area contributed by atoms with Crippen LogP contribution in [0.25, 0.3) is 0 Å². The van der Waals surface area contributed by atoms with Gasteiger partial charge in [-0.15, -0.1) is 0 Å². The third-order valence-corrected chi connectivity index (χ3v) is 2.35. The lowest BCUT2D eigenvalue weighted by Gasteiger charge is -2.13. The van der Waals surface area contributed by atoms with Crippen molar-refractivity contribution >= 4 is 0 Å². The average molecular weight is 166 g/mol. The lowest BCUT2D eigenvalue weighted by molar-refractivity contribution is 0.185. The highest BCUT2D eigenvalue weighted by molar-refractivity contribution is 5.31. The van der Waals surface area contributed by atoms with E-state index in [0.717, 1.165) is 12.8 Å². The Morgan fingerprint density at radius 1 is 1.42 bits per heavy atom. The molecule has 1 unspecified atom stereocenters. The molecule has 0 aromatic heterocycles. The SMILES string of the molecule is CC1=CCCC=C1CCC(C)O. The van der Waals surface area contributed by atoms with Gasteiger partial charge in [-0.05, 0) is 45.1 Å². The summed E-state index contributed by atoms with van der Waals surface area (Å²) in [6.45, 7) is 4.01. The second kappa shape index (κ2) is 4.46. The van der Waals surface area contributed by atoms with Gasteiger partial charge in [-0.25, -0.2) is 0 Å². The summed E-state index contributed by atoms with van der Waals surface area (Å²) in [5.74, 6) is 0. The van der Waals surface area contributed by atoms with Crippen molar-refractivity contribution in [3.05, 3.63) is 23.3 Å². The van der Waals surface area contributed by atoms with Gasteiger partial charge in [-0.2, -0.15) is 0 Å². The molecule has 0 aromatic rings. The van der Waals surface area contributed by atoms with Gasteiger partial charge in [0.2, 0.25) is 0 Å². The predicted octanol–water partition coefficient (Wildman–Crippen LogP) is 2.81. The zero-order valence-corrected chi connectivity index (χ0v) is 8.01. The molecule has 0 saturated carbocycles. The minimum atomic E-state index is -0.166. The Bertz CT molecular complexity index is 199. The lowest BCUT2D eigenvalue weighted by atomic mass is 9.94. The molecule has 1 aliphatic rings. The quantitative estimate of drug-likeness (QED) is 0.683. The van der Waals surface area contributed by atoms with Crippen LogP contribution in [0.1, 0.15) is 39.5 Å². The van der Waals surface area contributed by atoms with Crippen LogP contribution in [-0.2, 0) is 0 Å². The van der Waals surface area contributed by atoms with Crippen LogP contribution in [0.15, 0.2) is 23.3 Å². The monoisotopic (exact) mass is 166 g/mol. The first-order chi connectivity index (χ1) is 5.70. The average Bonchev–Trinajstić information content (AvgIpc) is 2.03. The van der Waals surface area contributed by atoms with Crippen molar-refractivity contribution in [2.24, 2.45) is 0 Å². The summed E-state index contributed by atoms with van der Waals surface area (Å²) in [7, 11) is 0. The molecule has 0 aliphatic heterocycles. The van der Waals surface area contributed by atoms with E-state index in [1.54, 1.807) is 0 Å². The Morgan fingerprint density at radius 3 is 2.67 bits per heavy atom. The number of aliphatic hydroxyl groups is 1. The van der Waals surface area contributed by atoms with Crippen LogP contribution >= 0.6 is 0 Å². The summed E-state index contributed by atoms with van der Waals surface area (Å²) in [5, 5.41) is 9.12. The Morgan fingerprint density at radius 2 is 2.08 bits per heavy atom. The summed E-state index contributed by atoms with van der Waals surface area (Å²) >= 11 is 0. The van der Waals surface area contributed by atoms with Crippen LogP contribution in [0.3, 0.4) is 0 Å². The highest BCUT2D eigenvalue weighted by Gasteiger charge is 2.05. The Kier molecular flexibility index (Phi) is 3.54. The zero-order chi connectivity index (χ0) is 8.97. The fourth-order valence-electron chi connectivity index (χ4n) is 1.51. The van der Waals surface area contributed by atoms with Crippen LogP contribution in [-0.4, -0.2) is 11.2 Å². The fraction of sp³-hybridized carbons (Fsp3) is 0.636. The molecular weight excluding hydrogens is 148 g/mol. The number of hydrogen-bond acceptors (Lipinski definition) is 1. The molecule has 12 heavy (non-hydrogen) atoms. The van der Waals surface area contributed by atoms with Crippen LogP contribution in [0, 0.1) is 0 Å². The van der Waals surface area contributed by atoms with E-state index < -0.39 is 0 Å². The number of rotatable bonds is 3. The maximum absolute atomic E-state index is 9.12. The summed E-state index contributed by atoms with van der Waals surface area (Å²) in [6.07, 6.45) is 8.70. The predicted molar refractivity (Wildman–Crippen MR) is 52.0 cm³/mol. The maximum atomic E-state index is 9.12. The minimum absolute atomic E-state index is 0.166. The zero-order valence-electron chi connectivity index (χ0n) is 8.01. The highest BCUT2D eigenvalue weighted by Crippen LogP contribution is 2.22. The van der Waals surface area contributed by atoms with Gasteiger partial charge in [0.1, 0.15) is 0 Å². The van der Waals surface area contributed by atoms with Gasteiger partial charge in [-0.1, -0.05) is 17.7 Å². The molecule has 0 fully saturated rings. The van der Waals surface area contributed by atoms with Gasteiger partial charge in [0, 0.05) is 0 Å². The van der Waals surface area contributed by atoms with Crippen molar-refractivity contribution in [1.82, 2.24) is 0 Å². The number of aliphatic hydroxyl groups excluding tert-OH is 1. The summed E-state index contributed by atoms with van der Waals surface area (Å²) in [4.78, 5) is 0. The minimum Gasteiger partial charge on any atom is -0.393 e. The first-order valence-corrected chi connectivity index (χ1v) is 4.74. The Labute approximate surface area is 74.8 Å². The van der Waals surface area contributed by atoms with Gasteiger partial charge in [0.05, 0.1) is 6.10 Å². The van der Waals surface area contributed by atoms with E-state index in [2.05, 4.69) is 19.1 Å². The number of allylic oxidation sites excluding steroid dienone is 4. The van der Waals surface area contributed by atoms with Gasteiger partial charge < -0.3 is 5.11 Å². The molecule has 0 saturated heterocycles. The molecule has 1 atom stereocenters. The Balaban J connectivity index is 2.41. The first kappa shape index (κ1) is 9.53. The fourth-order valence-corrected chi connectivity index (χ4v) is 1.51. The molecule has 0 bridgehead atoms. The molecule has 1 aliphatic carbocycles. The summed E-state index contributed by atoms with van der Waals surface area (Å²) in [6, 6.07) is 0. The van der Waals surface area contributed by atoms with Crippen molar-refractivity contribution < 1.29 is 5.11 Å². The smallest absolute Gasteiger partial charge is 0.0515 e. The first-order valence-electron chi connectivity index (χ1n) is 4.74. The third-order valence-electron chi connectivity index (χ3n) is 2.35. The molecule has 0 amide bonds. The van der Waals surface area contributed by atoms with Crippen molar-refractivity contribution in [3.63, 3.8) is 0 Å². The van der Waals surface area contributed by atoms with Gasteiger partial charge >= 0.3 is 0 Å². The molecule has 0 aromatic carbocycles. The van der Waals surface area contributed by atoms with Crippen LogP contribution in [0.2, 0.25) is 0 Å². The molecule has 0 radical (unpaired) electrons. The van der Waals surface area contributed by atoms with Crippen LogP contribution < -0.4 is 0 Å². The summed E-state index contributed by atoms with van der Waals surface area (Å²) < 4.78 is 0. The molecule has 1 N–H and O–H groups in total. The maximum Gasteiger partial charge on any atom is 0.0515 e. The molecule has 1 rings (SSSR count). The molecule has 68 valence electrons. The highest BCUT2D eigenvalue weighted by atomic mass is 16.3. The van der Waals surface area contributed by atoms with Crippen molar-refractivity contribution in [3.8, 4) is 0 Å². The van der Waals surface area contributed by atoms with Gasteiger partial charge in [-0.3, -0.25) is 0 Å². The van der Waals surface area contributed by atoms with E-state index in [4.69, 9.17) is 5.11 Å². The topological polar surface area (TPSA) is 20.2 Å². The third kappa shape index (κ3) is 2.82. The van der Waals surface area contributed by atoms with E-state index in [1.807, 2.05) is 6.92 Å². The van der Waals surface area contributed by atoms with E-state index in [0.29, 0.717) is 0 Å². The second-order valence-electron chi connectivity index (χ2n) is 3.58. The lowest BCUT2D eigenvalue weighted by Crippen LogP contribution is -2.01. The largest absolute Gasteiger partial charge is 0.393 e. The molecule has 1 heteroatoms. The van der Waals surface area contributed by atoms with E-state index in [1.165, 1.54) is 24.0 Å². The van der Waals surface area contributed by atoms with Crippen molar-refractivity contribution in [2.45, 2.75) is 45.6 Å². The molecule has 0 heterocycles. The molecular formula is C11H18O. The van der Waals surface area contributed by atoms with E-state index in [-0.39, 0.29) is 6.10 Å². The molecule has 0 spiro atoms. The Hall–Kier alpha value is -0.560. The van der Waals surface area contributed by atoms with Crippen molar-refractivity contribution in [1.29, 1.82) is 0 Å². The molecule has 1 nitrogen and oxygen atoms in total. The van der Waals surface area contributed by atoms with Crippen LogP contribution in [0.4, 0.5) is 0 Å². The van der Waals surface area contributed by atoms with Crippen molar-refractivity contribution in [2.75, 3.05) is 0 Å². The van der Waals surface area contributed by atoms with E-state index in [9.17, 15) is 0 Å². The van der Waals surface area contributed by atoms with Crippen LogP contribution in [0.5, 0.6) is 0 Å². The number of hydrogen-bond donors (Lipinski definition) is 1. The second-order valence-corrected chi connectivity index (χ2v) is 3.58. The van der Waals surface area contributed by atoms with E-state index >= 15 is 0 Å². The summed E-state index contributed by atoms with van der Waals surface area (Å²) in [5.41, 5.74) is 2.84. The normalized spacial score (nSPS) is 19.9. The standard InChI is InChI=1S/C11H18O/c1-9-5-3-4-6-11(9)8-7-10(2)12/h5-6,10,12H,3-4,7-8H2,1-2H3. The van der Waals surface area contributed by atoms with Gasteiger partial charge in [0.25, 0.3) is 0 Å².